The van der Waals surface area contributed by atoms with Crippen molar-refractivity contribution in [2.45, 2.75) is 18.4 Å². The van der Waals surface area contributed by atoms with Crippen LogP contribution in [0.4, 0.5) is 17.6 Å². The second-order valence-corrected chi connectivity index (χ2v) is 4.63. The number of benzene rings is 1. The predicted molar refractivity (Wildman–Crippen MR) is 66.5 cm³/mol. The Morgan fingerprint density at radius 1 is 1.20 bits per heavy atom. The summed E-state index contributed by atoms with van der Waals surface area (Å²) in [4.78, 5) is 0. The van der Waals surface area contributed by atoms with Crippen LogP contribution in [0.3, 0.4) is 0 Å². The summed E-state index contributed by atoms with van der Waals surface area (Å²) in [5.41, 5.74) is 0.991. The number of alkyl halides is 4. The van der Waals surface area contributed by atoms with Gasteiger partial charge >= 0.3 is 12.3 Å². The summed E-state index contributed by atoms with van der Waals surface area (Å²) in [5.74, 6) is -3.98. The van der Waals surface area contributed by atoms with Gasteiger partial charge in [0.05, 0.1) is 0 Å². The Kier molecular flexibility index (Phi) is 4.82. The predicted octanol–water partition coefficient (Wildman–Crippen LogP) is 2.20. The summed E-state index contributed by atoms with van der Waals surface area (Å²) >= 11 is 0. The molecule has 20 heavy (non-hydrogen) atoms. The van der Waals surface area contributed by atoms with Crippen LogP contribution in [-0.4, -0.2) is 38.6 Å². The van der Waals surface area contributed by atoms with Crippen molar-refractivity contribution >= 4 is 0 Å². The van der Waals surface area contributed by atoms with E-state index in [1.807, 2.05) is 0 Å². The molecular weight excluding hydrogens is 276 g/mol. The molecule has 1 aliphatic rings. The lowest BCUT2D eigenvalue weighted by Gasteiger charge is -2.25. The summed E-state index contributed by atoms with van der Waals surface area (Å²) in [6, 6.07) is 6.64. The third kappa shape index (κ3) is 3.83. The van der Waals surface area contributed by atoms with Gasteiger partial charge in [0, 0.05) is 25.7 Å². The van der Waals surface area contributed by atoms with Crippen LogP contribution < -0.4 is 15.4 Å². The maximum Gasteiger partial charge on any atom is 0.340 e. The highest BCUT2D eigenvalue weighted by Gasteiger charge is 2.41. The van der Waals surface area contributed by atoms with Gasteiger partial charge in [0.15, 0.2) is 6.61 Å². The monoisotopic (exact) mass is 292 g/mol. The van der Waals surface area contributed by atoms with Gasteiger partial charge < -0.3 is 15.4 Å². The van der Waals surface area contributed by atoms with Crippen molar-refractivity contribution in [3.05, 3.63) is 29.8 Å². The molecule has 2 rings (SSSR count). The minimum absolute atomic E-state index is 0.151. The van der Waals surface area contributed by atoms with Crippen LogP contribution in [0.5, 0.6) is 5.75 Å². The molecule has 1 fully saturated rings. The van der Waals surface area contributed by atoms with E-state index >= 15 is 0 Å². The highest BCUT2D eigenvalue weighted by molar-refractivity contribution is 5.29. The van der Waals surface area contributed by atoms with Gasteiger partial charge in [-0.05, 0) is 17.7 Å². The van der Waals surface area contributed by atoms with Gasteiger partial charge in [-0.15, -0.1) is 0 Å². The van der Waals surface area contributed by atoms with E-state index in [0.29, 0.717) is 0 Å². The van der Waals surface area contributed by atoms with E-state index in [1.54, 1.807) is 12.1 Å². The van der Waals surface area contributed by atoms with Crippen LogP contribution in [0.25, 0.3) is 0 Å². The maximum absolute atomic E-state index is 12.7. The quantitative estimate of drug-likeness (QED) is 0.816. The van der Waals surface area contributed by atoms with Crippen LogP contribution in [-0.2, 0) is 0 Å². The Labute approximate surface area is 114 Å². The largest absolute Gasteiger partial charge is 0.487 e. The molecule has 1 unspecified atom stereocenters. The van der Waals surface area contributed by atoms with Crippen molar-refractivity contribution < 1.29 is 22.3 Å². The molecule has 3 nitrogen and oxygen atoms in total. The van der Waals surface area contributed by atoms with E-state index < -0.39 is 19.0 Å². The third-order valence-electron chi connectivity index (χ3n) is 3.07. The average Bonchev–Trinajstić information content (AvgIpc) is 2.46. The maximum atomic E-state index is 12.7. The zero-order chi connectivity index (χ0) is 14.6. The molecule has 0 amide bonds. The number of hydrogen-bond donors (Lipinski definition) is 2. The Morgan fingerprint density at radius 2 is 1.90 bits per heavy atom. The Morgan fingerprint density at radius 3 is 2.45 bits per heavy atom. The lowest BCUT2D eigenvalue weighted by Crippen LogP contribution is -2.42. The Hall–Kier alpha value is -1.34. The normalized spacial score (nSPS) is 20.1. The third-order valence-corrected chi connectivity index (χ3v) is 3.07. The number of rotatable bonds is 5. The number of halogens is 4. The molecule has 1 heterocycles. The smallest absolute Gasteiger partial charge is 0.340 e. The zero-order valence-corrected chi connectivity index (χ0v) is 10.7. The van der Waals surface area contributed by atoms with Gasteiger partial charge in [-0.1, -0.05) is 12.1 Å². The topological polar surface area (TPSA) is 33.3 Å². The Bertz CT molecular complexity index is 419. The van der Waals surface area contributed by atoms with Crippen molar-refractivity contribution in [1.82, 2.24) is 10.6 Å². The summed E-state index contributed by atoms with van der Waals surface area (Å²) in [5, 5.41) is 6.53. The van der Waals surface area contributed by atoms with E-state index in [9.17, 15) is 17.6 Å². The van der Waals surface area contributed by atoms with Gasteiger partial charge in [0.25, 0.3) is 0 Å². The van der Waals surface area contributed by atoms with Crippen LogP contribution in [0, 0.1) is 0 Å². The first-order chi connectivity index (χ1) is 9.49. The second-order valence-electron chi connectivity index (χ2n) is 4.63. The average molecular weight is 292 g/mol. The van der Waals surface area contributed by atoms with E-state index in [0.717, 1.165) is 25.2 Å². The Balaban J connectivity index is 1.91. The highest BCUT2D eigenvalue weighted by atomic mass is 19.3. The molecule has 112 valence electrons. The van der Waals surface area contributed by atoms with Crippen molar-refractivity contribution in [3.63, 3.8) is 0 Å². The molecule has 0 spiro atoms. The minimum Gasteiger partial charge on any atom is -0.487 e. The standard InChI is InChI=1S/C13H16F4N2O/c14-12(15)13(16,17)8-20-10-3-1-9(2-4-10)11-7-18-5-6-19-11/h1-4,11-12,18-19H,5-8H2. The summed E-state index contributed by atoms with van der Waals surface area (Å²) < 4.78 is 54.1. The molecule has 0 saturated carbocycles. The summed E-state index contributed by atoms with van der Waals surface area (Å²) in [6.45, 7) is 1.21. The molecular formula is C13H16F4N2O. The molecule has 1 aliphatic heterocycles. The van der Waals surface area contributed by atoms with E-state index in [1.165, 1.54) is 12.1 Å². The van der Waals surface area contributed by atoms with Gasteiger partial charge in [-0.25, -0.2) is 8.78 Å². The number of ether oxygens (including phenoxy) is 1. The lowest BCUT2D eigenvalue weighted by atomic mass is 10.1. The molecule has 0 radical (unpaired) electrons. The van der Waals surface area contributed by atoms with Crippen molar-refractivity contribution in [1.29, 1.82) is 0 Å². The molecule has 1 aromatic carbocycles. The van der Waals surface area contributed by atoms with Crippen LogP contribution in [0.2, 0.25) is 0 Å². The SMILES string of the molecule is FC(F)C(F)(F)COc1ccc(C2CNCCN2)cc1. The first-order valence-corrected chi connectivity index (χ1v) is 6.32. The molecule has 1 atom stereocenters. The summed E-state index contributed by atoms with van der Waals surface area (Å²) in [7, 11) is 0. The molecule has 2 N–H and O–H groups in total. The zero-order valence-electron chi connectivity index (χ0n) is 10.7. The fourth-order valence-electron chi connectivity index (χ4n) is 1.93. The van der Waals surface area contributed by atoms with E-state index in [4.69, 9.17) is 4.74 Å². The van der Waals surface area contributed by atoms with Crippen molar-refractivity contribution in [3.8, 4) is 5.75 Å². The summed E-state index contributed by atoms with van der Waals surface area (Å²) in [6.07, 6.45) is -3.72. The van der Waals surface area contributed by atoms with Crippen molar-refractivity contribution in [2.24, 2.45) is 0 Å². The van der Waals surface area contributed by atoms with E-state index in [2.05, 4.69) is 10.6 Å². The highest BCUT2D eigenvalue weighted by Crippen LogP contribution is 2.25. The molecule has 1 saturated heterocycles. The van der Waals surface area contributed by atoms with E-state index in [-0.39, 0.29) is 11.8 Å². The second kappa shape index (κ2) is 6.41. The lowest BCUT2D eigenvalue weighted by molar-refractivity contribution is -0.148. The molecule has 7 heteroatoms. The molecule has 1 aromatic rings. The molecule has 0 bridgehead atoms. The fraction of sp³-hybridized carbons (Fsp3) is 0.538. The minimum atomic E-state index is -4.13. The fourth-order valence-corrected chi connectivity index (χ4v) is 1.93. The van der Waals surface area contributed by atoms with Gasteiger partial charge in [-0.3, -0.25) is 0 Å². The first-order valence-electron chi connectivity index (χ1n) is 6.32. The van der Waals surface area contributed by atoms with Gasteiger partial charge in [-0.2, -0.15) is 8.78 Å². The van der Waals surface area contributed by atoms with Crippen LogP contribution in [0.1, 0.15) is 11.6 Å². The number of nitrogens with one attached hydrogen (secondary N) is 2. The molecule has 0 aliphatic carbocycles. The number of hydrogen-bond acceptors (Lipinski definition) is 3. The molecule has 0 aromatic heterocycles. The van der Waals surface area contributed by atoms with Gasteiger partial charge in [0.1, 0.15) is 5.75 Å². The number of piperazine rings is 1. The van der Waals surface area contributed by atoms with Gasteiger partial charge in [0.2, 0.25) is 0 Å². The van der Waals surface area contributed by atoms with Crippen LogP contribution >= 0.6 is 0 Å². The first kappa shape index (κ1) is 15.1. The van der Waals surface area contributed by atoms with Crippen molar-refractivity contribution in [2.75, 3.05) is 26.2 Å². The van der Waals surface area contributed by atoms with Crippen LogP contribution in [0.15, 0.2) is 24.3 Å².